The van der Waals surface area contributed by atoms with Crippen LogP contribution in [0.25, 0.3) is 0 Å². The summed E-state index contributed by atoms with van der Waals surface area (Å²) in [6.07, 6.45) is -0.295. The topological polar surface area (TPSA) is 60.4 Å². The van der Waals surface area contributed by atoms with Crippen molar-refractivity contribution in [1.29, 1.82) is 0 Å². The first-order valence-electron chi connectivity index (χ1n) is 7.29. The summed E-state index contributed by atoms with van der Waals surface area (Å²) in [5, 5.41) is 0. The molecule has 0 saturated heterocycles. The van der Waals surface area contributed by atoms with Gasteiger partial charge in [0.1, 0.15) is 11.6 Å². The van der Waals surface area contributed by atoms with Crippen LogP contribution < -0.4 is 0 Å². The molecule has 25 heavy (non-hydrogen) atoms. The average molecular weight is 411 g/mol. The molecule has 0 atom stereocenters. The molecule has 0 aliphatic rings. The first kappa shape index (κ1) is 18.9. The Labute approximate surface area is 150 Å². The van der Waals surface area contributed by atoms with E-state index in [-0.39, 0.29) is 18.6 Å². The normalized spacial score (nSPS) is 10.4. The molecule has 0 unspecified atom stereocenters. The number of carbonyl (C=O) groups is 3. The molecule has 2 aromatic carbocycles. The lowest BCUT2D eigenvalue weighted by atomic mass is 10.1. The van der Waals surface area contributed by atoms with Gasteiger partial charge in [0.2, 0.25) is 5.78 Å². The van der Waals surface area contributed by atoms with E-state index in [1.807, 2.05) is 0 Å². The zero-order valence-corrected chi connectivity index (χ0v) is 14.5. The Balaban J connectivity index is 1.82. The largest absolute Gasteiger partial charge is 0.457 e. The van der Waals surface area contributed by atoms with Crippen LogP contribution in [0.1, 0.15) is 33.6 Å². The number of hydrogen-bond donors (Lipinski definition) is 0. The summed E-state index contributed by atoms with van der Waals surface area (Å²) >= 11 is 3.25. The van der Waals surface area contributed by atoms with Crippen molar-refractivity contribution in [2.75, 3.05) is 6.61 Å². The summed E-state index contributed by atoms with van der Waals surface area (Å²) in [5.41, 5.74) is -0.0346. The molecule has 130 valence electrons. The van der Waals surface area contributed by atoms with E-state index >= 15 is 0 Å². The lowest BCUT2D eigenvalue weighted by Gasteiger charge is -2.05. The Morgan fingerprint density at radius 3 is 2.28 bits per heavy atom. The number of esters is 1. The fourth-order valence-electron chi connectivity index (χ4n) is 2.00. The molecule has 2 rings (SSSR count). The molecule has 0 saturated carbocycles. The van der Waals surface area contributed by atoms with Gasteiger partial charge in [-0.05, 0) is 30.3 Å². The van der Waals surface area contributed by atoms with E-state index in [4.69, 9.17) is 4.74 Å². The number of rotatable bonds is 7. The predicted octanol–water partition coefficient (Wildman–Crippen LogP) is 4.12. The van der Waals surface area contributed by atoms with Crippen molar-refractivity contribution in [3.8, 4) is 0 Å². The Kier molecular flexibility index (Phi) is 6.52. The second kappa shape index (κ2) is 8.62. The average Bonchev–Trinajstić information content (AvgIpc) is 2.60. The van der Waals surface area contributed by atoms with Crippen molar-refractivity contribution in [2.24, 2.45) is 0 Å². The van der Waals surface area contributed by atoms with E-state index in [2.05, 4.69) is 15.9 Å². The molecule has 0 spiro atoms. The second-order valence-electron chi connectivity index (χ2n) is 5.14. The maximum Gasteiger partial charge on any atom is 0.306 e. The highest BCUT2D eigenvalue weighted by atomic mass is 79.9. The maximum absolute atomic E-state index is 13.4. The lowest BCUT2D eigenvalue weighted by Crippen LogP contribution is -2.16. The quantitative estimate of drug-likeness (QED) is 0.508. The number of Topliss-reactive ketones (excluding diaryl/α,β-unsaturated/α-hetero) is 2. The molecule has 0 aromatic heterocycles. The van der Waals surface area contributed by atoms with E-state index < -0.39 is 35.6 Å². The number of benzene rings is 2. The Bertz CT molecular complexity index is 803. The van der Waals surface area contributed by atoms with Gasteiger partial charge < -0.3 is 4.74 Å². The van der Waals surface area contributed by atoms with Gasteiger partial charge in [-0.2, -0.15) is 0 Å². The van der Waals surface area contributed by atoms with Crippen LogP contribution in [0.15, 0.2) is 46.9 Å². The lowest BCUT2D eigenvalue weighted by molar-refractivity contribution is -0.142. The van der Waals surface area contributed by atoms with E-state index in [9.17, 15) is 23.2 Å². The Morgan fingerprint density at radius 2 is 1.60 bits per heavy atom. The molecular formula is C18H13BrF2O4. The third-order valence-electron chi connectivity index (χ3n) is 3.32. The van der Waals surface area contributed by atoms with Gasteiger partial charge >= 0.3 is 5.97 Å². The zero-order chi connectivity index (χ0) is 18.4. The van der Waals surface area contributed by atoms with E-state index in [0.29, 0.717) is 5.56 Å². The number of hydrogen-bond acceptors (Lipinski definition) is 4. The highest BCUT2D eigenvalue weighted by molar-refractivity contribution is 9.10. The molecular weight excluding hydrogens is 398 g/mol. The van der Waals surface area contributed by atoms with Crippen molar-refractivity contribution in [3.05, 3.63) is 69.7 Å². The van der Waals surface area contributed by atoms with Gasteiger partial charge in [0.05, 0.1) is 12.0 Å². The molecule has 0 bridgehead atoms. The Hall–Kier alpha value is -2.41. The maximum atomic E-state index is 13.4. The van der Waals surface area contributed by atoms with Crippen LogP contribution in [0.5, 0.6) is 0 Å². The van der Waals surface area contributed by atoms with E-state index in [0.717, 1.165) is 22.7 Å². The first-order chi connectivity index (χ1) is 11.9. The zero-order valence-electron chi connectivity index (χ0n) is 12.9. The fourth-order valence-corrected chi connectivity index (χ4v) is 2.27. The van der Waals surface area contributed by atoms with Gasteiger partial charge in [0.25, 0.3) is 0 Å². The van der Waals surface area contributed by atoms with Crippen molar-refractivity contribution < 1.29 is 27.9 Å². The van der Waals surface area contributed by atoms with Gasteiger partial charge in [0.15, 0.2) is 12.4 Å². The molecule has 0 aliphatic heterocycles. The van der Waals surface area contributed by atoms with Gasteiger partial charge in [0, 0.05) is 16.5 Å². The van der Waals surface area contributed by atoms with Crippen LogP contribution in [0.2, 0.25) is 0 Å². The molecule has 2 aromatic rings. The highest BCUT2D eigenvalue weighted by Gasteiger charge is 2.16. The third-order valence-corrected chi connectivity index (χ3v) is 3.84. The van der Waals surface area contributed by atoms with Gasteiger partial charge in [-0.1, -0.05) is 28.1 Å². The summed E-state index contributed by atoms with van der Waals surface area (Å²) < 4.78 is 32.0. The highest BCUT2D eigenvalue weighted by Crippen LogP contribution is 2.13. The number of ketones is 2. The molecule has 0 amide bonds. The summed E-state index contributed by atoms with van der Waals surface area (Å²) in [6.45, 7) is -0.717. The van der Waals surface area contributed by atoms with Crippen molar-refractivity contribution in [2.45, 2.75) is 12.8 Å². The van der Waals surface area contributed by atoms with Crippen LogP contribution in [0.3, 0.4) is 0 Å². The summed E-state index contributed by atoms with van der Waals surface area (Å²) in [4.78, 5) is 35.3. The molecule has 0 radical (unpaired) electrons. The minimum atomic E-state index is -0.895. The van der Waals surface area contributed by atoms with Crippen molar-refractivity contribution >= 4 is 33.5 Å². The number of ether oxygens (including phenoxy) is 1. The van der Waals surface area contributed by atoms with E-state index in [1.165, 1.54) is 0 Å². The molecule has 7 heteroatoms. The summed E-state index contributed by atoms with van der Waals surface area (Å²) in [5.74, 6) is -3.53. The Morgan fingerprint density at radius 1 is 0.920 bits per heavy atom. The molecule has 0 N–H and O–H groups in total. The van der Waals surface area contributed by atoms with Crippen LogP contribution in [-0.4, -0.2) is 24.1 Å². The molecule has 0 aliphatic carbocycles. The summed E-state index contributed by atoms with van der Waals surface area (Å²) in [6, 6.07) is 9.09. The van der Waals surface area contributed by atoms with Crippen LogP contribution >= 0.6 is 15.9 Å². The van der Waals surface area contributed by atoms with Gasteiger partial charge in [-0.15, -0.1) is 0 Å². The SMILES string of the molecule is O=C(CCC(=O)c1ccc(Br)cc1)OCC(=O)c1cc(F)ccc1F. The smallest absolute Gasteiger partial charge is 0.306 e. The number of halogens is 3. The summed E-state index contributed by atoms with van der Waals surface area (Å²) in [7, 11) is 0. The van der Waals surface area contributed by atoms with Crippen molar-refractivity contribution in [1.82, 2.24) is 0 Å². The molecule has 0 fully saturated rings. The molecule has 0 heterocycles. The predicted molar refractivity (Wildman–Crippen MR) is 89.4 cm³/mol. The fraction of sp³-hybridized carbons (Fsp3) is 0.167. The standard InChI is InChI=1S/C18H13BrF2O4/c19-12-3-1-11(2-4-12)16(22)7-8-18(24)25-10-17(23)14-9-13(20)5-6-15(14)21/h1-6,9H,7-8,10H2. The molecule has 4 nitrogen and oxygen atoms in total. The van der Waals surface area contributed by atoms with Crippen molar-refractivity contribution in [3.63, 3.8) is 0 Å². The third kappa shape index (κ3) is 5.56. The van der Waals surface area contributed by atoms with Gasteiger partial charge in [-0.25, -0.2) is 8.78 Å². The second-order valence-corrected chi connectivity index (χ2v) is 6.05. The van der Waals surface area contributed by atoms with Crippen LogP contribution in [0, 0.1) is 11.6 Å². The van der Waals surface area contributed by atoms with E-state index in [1.54, 1.807) is 24.3 Å². The first-order valence-corrected chi connectivity index (χ1v) is 8.09. The van der Waals surface area contributed by atoms with Gasteiger partial charge in [-0.3, -0.25) is 14.4 Å². The van der Waals surface area contributed by atoms with Crippen LogP contribution in [0.4, 0.5) is 8.78 Å². The minimum Gasteiger partial charge on any atom is -0.457 e. The van der Waals surface area contributed by atoms with Crippen LogP contribution in [-0.2, 0) is 9.53 Å². The number of carbonyl (C=O) groups excluding carboxylic acids is 3. The minimum absolute atomic E-state index is 0.0804. The monoisotopic (exact) mass is 410 g/mol.